The lowest BCUT2D eigenvalue weighted by atomic mass is 10.1. The van der Waals surface area contributed by atoms with E-state index < -0.39 is 0 Å². The number of methoxy groups -OCH3 is 1. The lowest BCUT2D eigenvalue weighted by molar-refractivity contribution is -0.119. The molecule has 3 rings (SSSR count). The van der Waals surface area contributed by atoms with Gasteiger partial charge in [0.25, 0.3) is 0 Å². The van der Waals surface area contributed by atoms with E-state index in [2.05, 4.69) is 15.5 Å². The van der Waals surface area contributed by atoms with Crippen molar-refractivity contribution < 1.29 is 9.53 Å². The number of aromatic nitrogens is 3. The highest BCUT2D eigenvalue weighted by Crippen LogP contribution is 2.30. The molecule has 0 saturated heterocycles. The maximum absolute atomic E-state index is 12.4. The summed E-state index contributed by atoms with van der Waals surface area (Å²) in [5.41, 5.74) is 1.96. The fourth-order valence-corrected chi connectivity index (χ4v) is 3.76. The molecule has 0 spiro atoms. The lowest BCUT2D eigenvalue weighted by Gasteiger charge is -2.14. The Labute approximate surface area is 169 Å². The third-order valence-corrected chi connectivity index (χ3v) is 5.36. The first-order valence-corrected chi connectivity index (χ1v) is 10.2. The van der Waals surface area contributed by atoms with E-state index in [1.807, 2.05) is 73.0 Å². The van der Waals surface area contributed by atoms with Crippen LogP contribution in [-0.4, -0.2) is 33.5 Å². The molecule has 146 valence electrons. The second-order valence-electron chi connectivity index (χ2n) is 6.24. The van der Waals surface area contributed by atoms with Crippen molar-refractivity contribution >= 4 is 17.7 Å². The maximum Gasteiger partial charge on any atom is 0.230 e. The third kappa shape index (κ3) is 4.54. The van der Waals surface area contributed by atoms with Crippen LogP contribution in [0.2, 0.25) is 0 Å². The molecule has 1 atom stereocenters. The molecule has 6 nitrogen and oxygen atoms in total. The second kappa shape index (κ2) is 9.41. The van der Waals surface area contributed by atoms with Gasteiger partial charge in [0.05, 0.1) is 24.5 Å². The van der Waals surface area contributed by atoms with Crippen LogP contribution in [0.1, 0.15) is 25.5 Å². The Bertz CT molecular complexity index is 927. The van der Waals surface area contributed by atoms with Gasteiger partial charge >= 0.3 is 0 Å². The molecule has 0 unspecified atom stereocenters. The van der Waals surface area contributed by atoms with Crippen molar-refractivity contribution in [2.45, 2.75) is 31.6 Å². The molecule has 0 aliphatic carbocycles. The van der Waals surface area contributed by atoms with Crippen molar-refractivity contribution in [1.29, 1.82) is 0 Å². The molecule has 2 aromatic carbocycles. The lowest BCUT2D eigenvalue weighted by Crippen LogP contribution is -2.28. The SMILES string of the molecule is CCn1c(SCC(=O)N[C@H](C)c2ccccc2)nnc1-c1ccccc1OC. The van der Waals surface area contributed by atoms with Gasteiger partial charge in [-0.1, -0.05) is 54.2 Å². The second-order valence-corrected chi connectivity index (χ2v) is 7.18. The number of amides is 1. The van der Waals surface area contributed by atoms with Gasteiger partial charge in [0, 0.05) is 6.54 Å². The first-order valence-electron chi connectivity index (χ1n) is 9.17. The maximum atomic E-state index is 12.4. The molecule has 7 heteroatoms. The highest BCUT2D eigenvalue weighted by Gasteiger charge is 2.18. The summed E-state index contributed by atoms with van der Waals surface area (Å²) in [5, 5.41) is 12.4. The summed E-state index contributed by atoms with van der Waals surface area (Å²) >= 11 is 1.38. The number of thioether (sulfide) groups is 1. The Kier molecular flexibility index (Phi) is 6.71. The zero-order valence-corrected chi connectivity index (χ0v) is 17.1. The molecule has 0 aliphatic rings. The molecular weight excluding hydrogens is 372 g/mol. The quantitative estimate of drug-likeness (QED) is 0.584. The summed E-state index contributed by atoms with van der Waals surface area (Å²) in [7, 11) is 1.64. The van der Waals surface area contributed by atoms with E-state index in [-0.39, 0.29) is 17.7 Å². The van der Waals surface area contributed by atoms with Gasteiger partial charge in [-0.15, -0.1) is 10.2 Å². The average Bonchev–Trinajstić information content (AvgIpc) is 3.15. The monoisotopic (exact) mass is 396 g/mol. The number of carbonyl (C=O) groups excluding carboxylic acids is 1. The molecule has 0 fully saturated rings. The van der Waals surface area contributed by atoms with Gasteiger partial charge in [0.2, 0.25) is 5.91 Å². The van der Waals surface area contributed by atoms with Crippen LogP contribution in [0.5, 0.6) is 5.75 Å². The number of para-hydroxylation sites is 1. The topological polar surface area (TPSA) is 69.0 Å². The molecule has 0 saturated carbocycles. The molecule has 3 aromatic rings. The van der Waals surface area contributed by atoms with Crippen LogP contribution in [0.25, 0.3) is 11.4 Å². The number of rotatable bonds is 8. The van der Waals surface area contributed by atoms with E-state index in [0.717, 1.165) is 22.7 Å². The van der Waals surface area contributed by atoms with Crippen molar-refractivity contribution in [3.63, 3.8) is 0 Å². The normalized spacial score (nSPS) is 11.8. The van der Waals surface area contributed by atoms with Crippen LogP contribution in [0.3, 0.4) is 0 Å². The summed E-state index contributed by atoms with van der Waals surface area (Å²) in [5.74, 6) is 1.73. The van der Waals surface area contributed by atoms with Crippen LogP contribution < -0.4 is 10.1 Å². The summed E-state index contributed by atoms with van der Waals surface area (Å²) in [6.07, 6.45) is 0. The minimum absolute atomic E-state index is 0.0363. The van der Waals surface area contributed by atoms with Gasteiger partial charge in [0.1, 0.15) is 5.75 Å². The van der Waals surface area contributed by atoms with Crippen molar-refractivity contribution in [2.75, 3.05) is 12.9 Å². The van der Waals surface area contributed by atoms with E-state index in [4.69, 9.17) is 4.74 Å². The number of ether oxygens (including phenoxy) is 1. The Hall–Kier alpha value is -2.80. The van der Waals surface area contributed by atoms with Gasteiger partial charge in [-0.25, -0.2) is 0 Å². The smallest absolute Gasteiger partial charge is 0.230 e. The summed E-state index contributed by atoms with van der Waals surface area (Å²) in [6, 6.07) is 17.6. The first-order chi connectivity index (χ1) is 13.6. The predicted molar refractivity (Wildman–Crippen MR) is 111 cm³/mol. The zero-order chi connectivity index (χ0) is 19.9. The molecule has 0 aliphatic heterocycles. The first kappa shape index (κ1) is 19.9. The fourth-order valence-electron chi connectivity index (χ4n) is 2.95. The predicted octanol–water partition coefficient (Wildman–Crippen LogP) is 3.94. The van der Waals surface area contributed by atoms with Crippen molar-refractivity contribution in [3.05, 3.63) is 60.2 Å². The number of nitrogens with one attached hydrogen (secondary N) is 1. The zero-order valence-electron chi connectivity index (χ0n) is 16.3. The van der Waals surface area contributed by atoms with E-state index in [9.17, 15) is 4.79 Å². The van der Waals surface area contributed by atoms with Crippen LogP contribution in [0.15, 0.2) is 59.8 Å². The summed E-state index contributed by atoms with van der Waals surface area (Å²) in [6.45, 7) is 4.71. The van der Waals surface area contributed by atoms with Gasteiger partial charge < -0.3 is 14.6 Å². The highest BCUT2D eigenvalue weighted by atomic mass is 32.2. The van der Waals surface area contributed by atoms with Gasteiger partial charge in [-0.2, -0.15) is 0 Å². The van der Waals surface area contributed by atoms with E-state index >= 15 is 0 Å². The molecule has 28 heavy (non-hydrogen) atoms. The van der Waals surface area contributed by atoms with Crippen molar-refractivity contribution in [1.82, 2.24) is 20.1 Å². The van der Waals surface area contributed by atoms with Crippen LogP contribution in [-0.2, 0) is 11.3 Å². The largest absolute Gasteiger partial charge is 0.496 e. The minimum Gasteiger partial charge on any atom is -0.496 e. The third-order valence-electron chi connectivity index (χ3n) is 4.39. The van der Waals surface area contributed by atoms with E-state index in [0.29, 0.717) is 11.7 Å². The Morgan fingerprint density at radius 3 is 2.57 bits per heavy atom. The van der Waals surface area contributed by atoms with Crippen molar-refractivity contribution in [3.8, 4) is 17.1 Å². The van der Waals surface area contributed by atoms with Crippen LogP contribution >= 0.6 is 11.8 Å². The van der Waals surface area contributed by atoms with E-state index in [1.54, 1.807) is 7.11 Å². The molecule has 0 radical (unpaired) electrons. The standard InChI is InChI=1S/C21H24N4O2S/c1-4-25-20(17-12-8-9-13-18(17)27-3)23-24-21(25)28-14-19(26)22-15(2)16-10-6-5-7-11-16/h5-13,15H,4,14H2,1-3H3,(H,22,26)/t15-/m1/s1. The highest BCUT2D eigenvalue weighted by molar-refractivity contribution is 7.99. The number of hydrogen-bond donors (Lipinski definition) is 1. The Balaban J connectivity index is 1.68. The number of carbonyl (C=O) groups is 1. The van der Waals surface area contributed by atoms with Gasteiger partial charge in [0.15, 0.2) is 11.0 Å². The number of nitrogens with zero attached hydrogens (tertiary/aromatic N) is 3. The summed E-state index contributed by atoms with van der Waals surface area (Å²) < 4.78 is 7.44. The Morgan fingerprint density at radius 2 is 1.86 bits per heavy atom. The van der Waals surface area contributed by atoms with Crippen molar-refractivity contribution in [2.24, 2.45) is 0 Å². The van der Waals surface area contributed by atoms with Gasteiger partial charge in [-0.3, -0.25) is 4.79 Å². The van der Waals surface area contributed by atoms with Crippen LogP contribution in [0, 0.1) is 0 Å². The van der Waals surface area contributed by atoms with E-state index in [1.165, 1.54) is 11.8 Å². The molecular formula is C21H24N4O2S. The van der Waals surface area contributed by atoms with Gasteiger partial charge in [-0.05, 0) is 31.5 Å². The number of hydrogen-bond acceptors (Lipinski definition) is 5. The fraction of sp³-hybridized carbons (Fsp3) is 0.286. The van der Waals surface area contributed by atoms with Crippen LogP contribution in [0.4, 0.5) is 0 Å². The Morgan fingerprint density at radius 1 is 1.14 bits per heavy atom. The molecule has 1 amide bonds. The molecule has 1 aromatic heterocycles. The average molecular weight is 397 g/mol. The molecule has 1 heterocycles. The molecule has 1 N–H and O–H groups in total. The molecule has 0 bridgehead atoms. The summed E-state index contributed by atoms with van der Waals surface area (Å²) in [4.78, 5) is 12.4. The minimum atomic E-state index is -0.0394. The number of benzene rings is 2.